The maximum atomic E-state index is 13.6. The van der Waals surface area contributed by atoms with Crippen molar-refractivity contribution in [1.29, 1.82) is 0 Å². The fourth-order valence-corrected chi connectivity index (χ4v) is 2.50. The molecule has 0 fully saturated rings. The summed E-state index contributed by atoms with van der Waals surface area (Å²) in [5.41, 5.74) is 4.77. The highest BCUT2D eigenvalue weighted by Gasteiger charge is 2.09. The molecule has 0 spiro atoms. The van der Waals surface area contributed by atoms with Gasteiger partial charge in [-0.05, 0) is 35.9 Å². The Morgan fingerprint density at radius 2 is 1.85 bits per heavy atom. The Balaban J connectivity index is 1.75. The lowest BCUT2D eigenvalue weighted by Crippen LogP contribution is -2.41. The van der Waals surface area contributed by atoms with Gasteiger partial charge in [-0.2, -0.15) is 0 Å². The van der Waals surface area contributed by atoms with Crippen molar-refractivity contribution in [2.24, 2.45) is 0 Å². The summed E-state index contributed by atoms with van der Waals surface area (Å²) in [5, 5.41) is 0.370. The normalized spacial score (nSPS) is 10.7. The molecule has 2 aromatic carbocycles. The standard InChI is InChI=1S/C18H14Cl2F2N2O3/c19-14-2-1-3-16(22)13(14)8-9-27-18(26)24-23-17(25)7-5-11-4-6-12(21)10-15(11)20/h1-7,10H,8-9H2,(H,23,25)(H,24,26). The van der Waals surface area contributed by atoms with E-state index in [9.17, 15) is 18.4 Å². The molecule has 5 nitrogen and oxygen atoms in total. The van der Waals surface area contributed by atoms with Crippen LogP contribution in [0.5, 0.6) is 0 Å². The second-order valence-electron chi connectivity index (χ2n) is 5.20. The Morgan fingerprint density at radius 1 is 1.07 bits per heavy atom. The first kappa shape index (κ1) is 20.7. The highest BCUT2D eigenvalue weighted by atomic mass is 35.5. The smallest absolute Gasteiger partial charge is 0.426 e. The molecule has 0 unspecified atom stereocenters. The molecule has 0 radical (unpaired) electrons. The summed E-state index contributed by atoms with van der Waals surface area (Å²) in [5.74, 6) is -1.66. The summed E-state index contributed by atoms with van der Waals surface area (Å²) in [6.07, 6.45) is 1.60. The summed E-state index contributed by atoms with van der Waals surface area (Å²) in [4.78, 5) is 23.1. The van der Waals surface area contributed by atoms with Crippen LogP contribution >= 0.6 is 23.2 Å². The van der Waals surface area contributed by atoms with Crippen LogP contribution in [-0.2, 0) is 16.0 Å². The van der Waals surface area contributed by atoms with Crippen LogP contribution in [0.1, 0.15) is 11.1 Å². The predicted molar refractivity (Wildman–Crippen MR) is 98.2 cm³/mol. The van der Waals surface area contributed by atoms with Crippen LogP contribution in [-0.4, -0.2) is 18.6 Å². The van der Waals surface area contributed by atoms with E-state index in [0.717, 1.165) is 12.1 Å². The zero-order chi connectivity index (χ0) is 19.8. The number of benzene rings is 2. The van der Waals surface area contributed by atoms with Crippen molar-refractivity contribution in [3.63, 3.8) is 0 Å². The van der Waals surface area contributed by atoms with E-state index in [-0.39, 0.29) is 28.6 Å². The number of carbonyl (C=O) groups excluding carboxylic acids is 2. The van der Waals surface area contributed by atoms with E-state index in [1.807, 2.05) is 5.43 Å². The van der Waals surface area contributed by atoms with Crippen LogP contribution in [0, 0.1) is 11.6 Å². The molecule has 9 heteroatoms. The number of nitrogens with one attached hydrogen (secondary N) is 2. The maximum Gasteiger partial charge on any atom is 0.426 e. The number of amides is 2. The molecular weight excluding hydrogens is 401 g/mol. The molecule has 27 heavy (non-hydrogen) atoms. The first-order chi connectivity index (χ1) is 12.9. The molecule has 0 saturated carbocycles. The molecule has 0 heterocycles. The van der Waals surface area contributed by atoms with Crippen molar-refractivity contribution in [3.05, 3.63) is 75.3 Å². The van der Waals surface area contributed by atoms with Gasteiger partial charge in [0.25, 0.3) is 5.91 Å². The van der Waals surface area contributed by atoms with Crippen LogP contribution < -0.4 is 10.9 Å². The van der Waals surface area contributed by atoms with Crippen molar-refractivity contribution < 1.29 is 23.1 Å². The van der Waals surface area contributed by atoms with Gasteiger partial charge in [-0.1, -0.05) is 35.3 Å². The fraction of sp³-hybridized carbons (Fsp3) is 0.111. The van der Waals surface area contributed by atoms with Crippen LogP contribution in [0.25, 0.3) is 6.08 Å². The topological polar surface area (TPSA) is 67.4 Å². The Hall–Kier alpha value is -2.64. The summed E-state index contributed by atoms with van der Waals surface area (Å²) in [7, 11) is 0. The van der Waals surface area contributed by atoms with Crippen molar-refractivity contribution in [2.45, 2.75) is 6.42 Å². The van der Waals surface area contributed by atoms with E-state index in [1.165, 1.54) is 36.4 Å². The van der Waals surface area contributed by atoms with Crippen LogP contribution in [0.3, 0.4) is 0 Å². The summed E-state index contributed by atoms with van der Waals surface area (Å²) >= 11 is 11.7. The average molecular weight is 415 g/mol. The number of carbonyl (C=O) groups is 2. The molecule has 0 atom stereocenters. The molecular formula is C18H14Cl2F2N2O3. The Morgan fingerprint density at radius 3 is 2.56 bits per heavy atom. The molecule has 0 bridgehead atoms. The predicted octanol–water partition coefficient (Wildman–Crippen LogP) is 4.28. The van der Waals surface area contributed by atoms with Gasteiger partial charge in [-0.3, -0.25) is 10.2 Å². The third-order valence-electron chi connectivity index (χ3n) is 3.31. The van der Waals surface area contributed by atoms with Gasteiger partial charge < -0.3 is 4.74 Å². The van der Waals surface area contributed by atoms with Crippen LogP contribution in [0.4, 0.5) is 13.6 Å². The third-order valence-corrected chi connectivity index (χ3v) is 3.99. The van der Waals surface area contributed by atoms with Gasteiger partial charge in [-0.15, -0.1) is 0 Å². The zero-order valence-corrected chi connectivity index (χ0v) is 15.3. The third kappa shape index (κ3) is 6.54. The Bertz CT molecular complexity index is 855. The maximum absolute atomic E-state index is 13.6. The van der Waals surface area contributed by atoms with E-state index >= 15 is 0 Å². The van der Waals surface area contributed by atoms with Crippen LogP contribution in [0.2, 0.25) is 10.0 Å². The quantitative estimate of drug-likeness (QED) is 0.566. The fourth-order valence-electron chi connectivity index (χ4n) is 2.01. The second-order valence-corrected chi connectivity index (χ2v) is 6.01. The Labute approximate surface area is 163 Å². The first-order valence-corrected chi connectivity index (χ1v) is 8.41. The van der Waals surface area contributed by atoms with Crippen molar-refractivity contribution in [3.8, 4) is 0 Å². The van der Waals surface area contributed by atoms with Gasteiger partial charge in [0, 0.05) is 23.1 Å². The van der Waals surface area contributed by atoms with Crippen molar-refractivity contribution in [1.82, 2.24) is 10.9 Å². The van der Waals surface area contributed by atoms with Gasteiger partial charge in [0.2, 0.25) is 0 Å². The monoisotopic (exact) mass is 414 g/mol. The van der Waals surface area contributed by atoms with Crippen molar-refractivity contribution >= 4 is 41.3 Å². The second kappa shape index (κ2) is 9.89. The minimum Gasteiger partial charge on any atom is -0.448 e. The molecule has 0 aliphatic carbocycles. The molecule has 0 aromatic heterocycles. The largest absolute Gasteiger partial charge is 0.448 e. The Kier molecular flexibility index (Phi) is 7.57. The number of halogens is 4. The lowest BCUT2D eigenvalue weighted by molar-refractivity contribution is -0.117. The molecule has 0 saturated heterocycles. The van der Waals surface area contributed by atoms with Gasteiger partial charge in [0.05, 0.1) is 11.6 Å². The molecule has 2 aromatic rings. The summed E-state index contributed by atoms with van der Waals surface area (Å²) in [6.45, 7) is -0.136. The van der Waals surface area contributed by atoms with Crippen LogP contribution in [0.15, 0.2) is 42.5 Å². The van der Waals surface area contributed by atoms with Gasteiger partial charge in [-0.25, -0.2) is 19.0 Å². The van der Waals surface area contributed by atoms with E-state index in [2.05, 4.69) is 5.43 Å². The summed E-state index contributed by atoms with van der Waals surface area (Å²) in [6, 6.07) is 7.95. The van der Waals surface area contributed by atoms with Gasteiger partial charge in [0.15, 0.2) is 0 Å². The molecule has 142 valence electrons. The number of rotatable bonds is 5. The van der Waals surface area contributed by atoms with Crippen molar-refractivity contribution in [2.75, 3.05) is 6.61 Å². The molecule has 0 aliphatic rings. The number of ether oxygens (including phenoxy) is 1. The highest BCUT2D eigenvalue weighted by molar-refractivity contribution is 6.32. The molecule has 2 amide bonds. The first-order valence-electron chi connectivity index (χ1n) is 7.65. The highest BCUT2D eigenvalue weighted by Crippen LogP contribution is 2.19. The van der Waals surface area contributed by atoms with Gasteiger partial charge >= 0.3 is 6.09 Å². The average Bonchev–Trinajstić information content (AvgIpc) is 2.61. The van der Waals surface area contributed by atoms with E-state index < -0.39 is 23.6 Å². The lowest BCUT2D eigenvalue weighted by atomic mass is 10.1. The number of hydrazine groups is 1. The molecule has 2 rings (SSSR count). The SMILES string of the molecule is O=C(C=Cc1ccc(F)cc1Cl)NNC(=O)OCCc1c(F)cccc1Cl. The van der Waals surface area contributed by atoms with E-state index in [0.29, 0.717) is 5.56 Å². The van der Waals surface area contributed by atoms with Gasteiger partial charge in [0.1, 0.15) is 11.6 Å². The van der Waals surface area contributed by atoms with E-state index in [4.69, 9.17) is 27.9 Å². The number of hydrogen-bond donors (Lipinski definition) is 2. The minimum atomic E-state index is -0.927. The summed E-state index contributed by atoms with van der Waals surface area (Å²) < 4.78 is 31.3. The minimum absolute atomic E-state index is 0.0792. The van der Waals surface area contributed by atoms with E-state index in [1.54, 1.807) is 0 Å². The zero-order valence-electron chi connectivity index (χ0n) is 13.8. The lowest BCUT2D eigenvalue weighted by Gasteiger charge is -2.08. The molecule has 2 N–H and O–H groups in total. The molecule has 0 aliphatic heterocycles. The number of hydrogen-bond acceptors (Lipinski definition) is 3.